The zero-order valence-electron chi connectivity index (χ0n) is 10.8. The van der Waals surface area contributed by atoms with Crippen molar-refractivity contribution < 1.29 is 19.3 Å². The monoisotopic (exact) mass is 254 g/mol. The molecule has 2 aliphatic rings. The Balaban J connectivity index is 1.95. The Labute approximate surface area is 105 Å². The van der Waals surface area contributed by atoms with Crippen molar-refractivity contribution in [1.29, 1.82) is 0 Å². The second-order valence-electron chi connectivity index (χ2n) is 5.03. The predicted octanol–water partition coefficient (Wildman–Crippen LogP) is 0.521. The molecular weight excluding hydrogens is 236 g/mol. The normalized spacial score (nSPS) is 39.2. The van der Waals surface area contributed by atoms with Crippen LogP contribution < -0.4 is 0 Å². The Hall–Kier alpha value is -0.950. The van der Waals surface area contributed by atoms with E-state index < -0.39 is 12.1 Å². The average molecular weight is 254 g/mol. The van der Waals surface area contributed by atoms with Crippen molar-refractivity contribution in [2.75, 3.05) is 13.7 Å². The van der Waals surface area contributed by atoms with Crippen molar-refractivity contribution in [3.8, 4) is 0 Å². The predicted molar refractivity (Wildman–Crippen MR) is 61.9 cm³/mol. The molecule has 1 aromatic heterocycles. The van der Waals surface area contributed by atoms with Crippen molar-refractivity contribution >= 4 is 0 Å². The lowest BCUT2D eigenvalue weighted by molar-refractivity contribution is -0.326. The van der Waals surface area contributed by atoms with Crippen LogP contribution in [0.2, 0.25) is 0 Å². The summed E-state index contributed by atoms with van der Waals surface area (Å²) in [7, 11) is 1.46. The number of aromatic nitrogens is 2. The maximum absolute atomic E-state index is 10.4. The van der Waals surface area contributed by atoms with E-state index in [2.05, 4.69) is 5.10 Å². The molecular formula is C12H18N2O4. The van der Waals surface area contributed by atoms with Crippen LogP contribution in [0.1, 0.15) is 23.9 Å². The van der Waals surface area contributed by atoms with E-state index in [1.165, 1.54) is 7.11 Å². The molecule has 4 unspecified atom stereocenters. The molecule has 4 atom stereocenters. The molecule has 18 heavy (non-hydrogen) atoms. The van der Waals surface area contributed by atoms with Gasteiger partial charge in [-0.1, -0.05) is 0 Å². The smallest absolute Gasteiger partial charge is 0.220 e. The fourth-order valence-electron chi connectivity index (χ4n) is 2.79. The number of aryl methyl sites for hydroxylation is 2. The average Bonchev–Trinajstić information content (AvgIpc) is 2.90. The van der Waals surface area contributed by atoms with Crippen molar-refractivity contribution in [2.45, 2.75) is 44.5 Å². The summed E-state index contributed by atoms with van der Waals surface area (Å²) in [5.41, 5.74) is 2.00. The molecule has 6 nitrogen and oxygen atoms in total. The summed E-state index contributed by atoms with van der Waals surface area (Å²) in [5, 5.41) is 14.8. The molecule has 2 fully saturated rings. The van der Waals surface area contributed by atoms with E-state index in [0.717, 1.165) is 11.4 Å². The highest BCUT2D eigenvalue weighted by atomic mass is 16.8. The summed E-state index contributed by atoms with van der Waals surface area (Å²) in [6.45, 7) is 4.40. The molecule has 1 aromatic rings. The highest BCUT2D eigenvalue weighted by Gasteiger charge is 2.54. The minimum Gasteiger partial charge on any atom is -0.361 e. The summed E-state index contributed by atoms with van der Waals surface area (Å²) < 4.78 is 18.2. The molecule has 1 N–H and O–H groups in total. The van der Waals surface area contributed by atoms with Gasteiger partial charge in [-0.2, -0.15) is 5.10 Å². The van der Waals surface area contributed by atoms with Gasteiger partial charge in [-0.3, -0.25) is 4.68 Å². The standard InChI is InChI=1S/C12H18N2O4/c1-7-4-8(2)14(13-7)9-5-12(15,16-3)11-17-6-10(9)18-11/h4,9-11,15H,5-6H2,1-3H3. The Kier molecular flexibility index (Phi) is 2.71. The summed E-state index contributed by atoms with van der Waals surface area (Å²) >= 11 is 0. The zero-order valence-corrected chi connectivity index (χ0v) is 10.8. The first-order chi connectivity index (χ1) is 8.53. The molecule has 3 rings (SSSR count). The Bertz CT molecular complexity index is 461. The third-order valence-electron chi connectivity index (χ3n) is 3.72. The van der Waals surface area contributed by atoms with Gasteiger partial charge in [0, 0.05) is 19.2 Å². The van der Waals surface area contributed by atoms with Crippen LogP contribution in [0.4, 0.5) is 0 Å². The Morgan fingerprint density at radius 1 is 1.56 bits per heavy atom. The van der Waals surface area contributed by atoms with E-state index in [1.807, 2.05) is 24.6 Å². The molecule has 3 heterocycles. The number of nitrogens with zero attached hydrogens (tertiary/aromatic N) is 2. The summed E-state index contributed by atoms with van der Waals surface area (Å²) in [5.74, 6) is -1.40. The van der Waals surface area contributed by atoms with E-state index in [1.54, 1.807) is 0 Å². The van der Waals surface area contributed by atoms with E-state index >= 15 is 0 Å². The minimum atomic E-state index is -1.40. The molecule has 6 heteroatoms. The maximum atomic E-state index is 10.4. The fourth-order valence-corrected chi connectivity index (χ4v) is 2.79. The first-order valence-corrected chi connectivity index (χ1v) is 6.11. The van der Waals surface area contributed by atoms with Crippen LogP contribution in [0.3, 0.4) is 0 Å². The molecule has 0 spiro atoms. The molecule has 0 saturated carbocycles. The van der Waals surface area contributed by atoms with Gasteiger partial charge in [0.1, 0.15) is 6.10 Å². The molecule has 2 saturated heterocycles. The minimum absolute atomic E-state index is 0.0672. The quantitative estimate of drug-likeness (QED) is 0.779. The van der Waals surface area contributed by atoms with Crippen molar-refractivity contribution in [3.05, 3.63) is 17.5 Å². The molecule has 2 bridgehead atoms. The second-order valence-corrected chi connectivity index (χ2v) is 5.03. The number of hydrogen-bond acceptors (Lipinski definition) is 5. The lowest BCUT2D eigenvalue weighted by atomic mass is 9.99. The van der Waals surface area contributed by atoms with Crippen LogP contribution in [0.25, 0.3) is 0 Å². The lowest BCUT2D eigenvalue weighted by Crippen LogP contribution is -2.51. The number of ether oxygens (including phenoxy) is 3. The number of fused-ring (bicyclic) bond motifs is 2. The highest BCUT2D eigenvalue weighted by Crippen LogP contribution is 2.41. The number of hydrogen-bond donors (Lipinski definition) is 1. The lowest BCUT2D eigenvalue weighted by Gasteiger charge is -2.39. The number of methoxy groups -OCH3 is 1. The SMILES string of the molecule is COC1(O)CC(n2nc(C)cc2C)C2COC1O2. The maximum Gasteiger partial charge on any atom is 0.220 e. The van der Waals surface area contributed by atoms with Crippen LogP contribution in [-0.4, -0.2) is 46.8 Å². The second kappa shape index (κ2) is 4.03. The van der Waals surface area contributed by atoms with Gasteiger partial charge in [0.15, 0.2) is 0 Å². The van der Waals surface area contributed by atoms with E-state index in [9.17, 15) is 5.11 Å². The number of rotatable bonds is 2. The molecule has 0 aromatic carbocycles. The summed E-state index contributed by atoms with van der Waals surface area (Å²) in [4.78, 5) is 0. The van der Waals surface area contributed by atoms with E-state index in [4.69, 9.17) is 14.2 Å². The molecule has 100 valence electrons. The van der Waals surface area contributed by atoms with Gasteiger partial charge in [0.05, 0.1) is 18.3 Å². The molecule has 0 aliphatic carbocycles. The van der Waals surface area contributed by atoms with E-state index in [-0.39, 0.29) is 12.1 Å². The zero-order chi connectivity index (χ0) is 12.9. The first kappa shape index (κ1) is 12.1. The van der Waals surface area contributed by atoms with Crippen LogP contribution in [0.15, 0.2) is 6.07 Å². The summed E-state index contributed by atoms with van der Waals surface area (Å²) in [6.07, 6.45) is -0.356. The van der Waals surface area contributed by atoms with Crippen molar-refractivity contribution in [1.82, 2.24) is 9.78 Å². The van der Waals surface area contributed by atoms with Crippen LogP contribution in [0.5, 0.6) is 0 Å². The van der Waals surface area contributed by atoms with Gasteiger partial charge >= 0.3 is 0 Å². The fraction of sp³-hybridized carbons (Fsp3) is 0.750. The van der Waals surface area contributed by atoms with Gasteiger partial charge in [0.2, 0.25) is 12.1 Å². The topological polar surface area (TPSA) is 65.7 Å². The van der Waals surface area contributed by atoms with Crippen molar-refractivity contribution in [3.63, 3.8) is 0 Å². The Morgan fingerprint density at radius 2 is 2.33 bits per heavy atom. The summed E-state index contributed by atoms with van der Waals surface area (Å²) in [6, 6.07) is 1.94. The third kappa shape index (κ3) is 1.68. The van der Waals surface area contributed by atoms with Crippen molar-refractivity contribution in [2.24, 2.45) is 0 Å². The van der Waals surface area contributed by atoms with Gasteiger partial charge in [-0.15, -0.1) is 0 Å². The highest BCUT2D eigenvalue weighted by molar-refractivity contribution is 5.09. The van der Waals surface area contributed by atoms with Crippen LogP contribution in [-0.2, 0) is 14.2 Å². The Morgan fingerprint density at radius 3 is 2.94 bits per heavy atom. The van der Waals surface area contributed by atoms with Gasteiger partial charge in [0.25, 0.3) is 0 Å². The number of aliphatic hydroxyl groups is 1. The van der Waals surface area contributed by atoms with Crippen LogP contribution >= 0.6 is 0 Å². The van der Waals surface area contributed by atoms with Gasteiger partial charge < -0.3 is 19.3 Å². The van der Waals surface area contributed by atoms with E-state index in [0.29, 0.717) is 13.0 Å². The molecule has 0 amide bonds. The third-order valence-corrected chi connectivity index (χ3v) is 3.72. The van der Waals surface area contributed by atoms with Gasteiger partial charge in [-0.05, 0) is 19.9 Å². The largest absolute Gasteiger partial charge is 0.361 e. The molecule has 0 radical (unpaired) electrons. The first-order valence-electron chi connectivity index (χ1n) is 6.11. The van der Waals surface area contributed by atoms with Gasteiger partial charge in [-0.25, -0.2) is 0 Å². The van der Waals surface area contributed by atoms with Crippen LogP contribution in [0, 0.1) is 13.8 Å². The molecule has 2 aliphatic heterocycles.